The molecule has 0 radical (unpaired) electrons. The summed E-state index contributed by atoms with van der Waals surface area (Å²) in [6, 6.07) is 18.1. The second kappa shape index (κ2) is 11.5. The second-order valence-corrected chi connectivity index (χ2v) is 10.6. The van der Waals surface area contributed by atoms with Gasteiger partial charge in [-0.05, 0) is 48.7 Å². The summed E-state index contributed by atoms with van der Waals surface area (Å²) in [6.07, 6.45) is 4.26. The molecule has 0 saturated heterocycles. The molecule has 0 unspecified atom stereocenters. The van der Waals surface area contributed by atoms with Crippen LogP contribution in [-0.2, 0) is 5.75 Å². The van der Waals surface area contributed by atoms with Crippen LogP contribution in [0.15, 0.2) is 70.6 Å². The van der Waals surface area contributed by atoms with Crippen molar-refractivity contribution in [1.29, 1.82) is 0 Å². The van der Waals surface area contributed by atoms with E-state index < -0.39 is 0 Å². The van der Waals surface area contributed by atoms with Crippen molar-refractivity contribution in [2.24, 2.45) is 0 Å². The lowest BCUT2D eigenvalue weighted by atomic mass is 10.1. The van der Waals surface area contributed by atoms with Gasteiger partial charge in [0.05, 0.1) is 30.8 Å². The number of fused-ring (bicyclic) bond motifs is 1. The zero-order valence-corrected chi connectivity index (χ0v) is 22.8. The smallest absolute Gasteiger partial charge is 0.266 e. The molecule has 1 saturated carbocycles. The Labute approximate surface area is 230 Å². The molecule has 9 heteroatoms. The molecule has 1 N–H and O–H groups in total. The van der Waals surface area contributed by atoms with E-state index >= 15 is 0 Å². The molecule has 1 aliphatic rings. The number of amides is 1. The average molecular weight is 550 g/mol. The lowest BCUT2D eigenvalue weighted by molar-refractivity contribution is 0.0938. The first-order valence-corrected chi connectivity index (χ1v) is 13.8. The molecule has 3 aromatic carbocycles. The number of nitrogens with one attached hydrogen (secondary N) is 1. The molecule has 1 fully saturated rings. The zero-order valence-electron chi connectivity index (χ0n) is 21.2. The Balaban J connectivity index is 1.59. The number of thioether (sulfide) groups is 1. The summed E-state index contributed by atoms with van der Waals surface area (Å²) in [5.41, 5.74) is 2.33. The number of aromatic nitrogens is 2. The van der Waals surface area contributed by atoms with E-state index in [-0.39, 0.29) is 17.5 Å². The Morgan fingerprint density at radius 2 is 1.71 bits per heavy atom. The van der Waals surface area contributed by atoms with Crippen molar-refractivity contribution in [2.75, 3.05) is 14.2 Å². The summed E-state index contributed by atoms with van der Waals surface area (Å²) in [4.78, 5) is 31.7. The number of benzene rings is 3. The van der Waals surface area contributed by atoms with Gasteiger partial charge in [-0.25, -0.2) is 4.98 Å². The number of carbonyl (C=O) groups excluding carboxylic acids is 1. The first-order chi connectivity index (χ1) is 18.4. The van der Waals surface area contributed by atoms with Crippen LogP contribution in [0.25, 0.3) is 16.6 Å². The number of hydrogen-bond donors (Lipinski definition) is 1. The Bertz CT molecular complexity index is 1510. The highest BCUT2D eigenvalue weighted by Gasteiger charge is 2.20. The summed E-state index contributed by atoms with van der Waals surface area (Å²) in [6.45, 7) is 0. The molecule has 196 valence electrons. The van der Waals surface area contributed by atoms with Gasteiger partial charge in [0.15, 0.2) is 5.16 Å². The van der Waals surface area contributed by atoms with Gasteiger partial charge < -0.3 is 14.8 Å². The summed E-state index contributed by atoms with van der Waals surface area (Å²) < 4.78 is 12.4. The van der Waals surface area contributed by atoms with Gasteiger partial charge in [0.1, 0.15) is 11.5 Å². The molecule has 4 aromatic rings. The molecule has 0 bridgehead atoms. The fourth-order valence-electron chi connectivity index (χ4n) is 4.62. The fraction of sp³-hybridized carbons (Fsp3) is 0.276. The third-order valence-electron chi connectivity index (χ3n) is 6.67. The Morgan fingerprint density at radius 1 is 1.03 bits per heavy atom. The lowest BCUT2D eigenvalue weighted by Gasteiger charge is -2.16. The van der Waals surface area contributed by atoms with Crippen molar-refractivity contribution in [3.05, 3.63) is 87.2 Å². The van der Waals surface area contributed by atoms with Gasteiger partial charge in [0.25, 0.3) is 11.5 Å². The average Bonchev–Trinajstić information content (AvgIpc) is 3.45. The fourth-order valence-corrected chi connectivity index (χ4v) is 5.71. The highest BCUT2D eigenvalue weighted by molar-refractivity contribution is 7.98. The Hall–Kier alpha value is -3.49. The second-order valence-electron chi connectivity index (χ2n) is 9.21. The molecule has 0 aliphatic heterocycles. The molecule has 1 aromatic heterocycles. The maximum absolute atomic E-state index is 13.9. The van der Waals surface area contributed by atoms with E-state index in [4.69, 9.17) is 26.1 Å². The molecule has 7 nitrogen and oxygen atoms in total. The van der Waals surface area contributed by atoms with Gasteiger partial charge in [-0.1, -0.05) is 48.3 Å². The van der Waals surface area contributed by atoms with Gasteiger partial charge >= 0.3 is 0 Å². The number of halogens is 1. The van der Waals surface area contributed by atoms with Crippen LogP contribution < -0.4 is 20.3 Å². The quantitative estimate of drug-likeness (QED) is 0.214. The van der Waals surface area contributed by atoms with Crippen molar-refractivity contribution in [3.8, 4) is 17.2 Å². The molecule has 1 amide bonds. The minimum Gasteiger partial charge on any atom is -0.497 e. The van der Waals surface area contributed by atoms with Crippen molar-refractivity contribution in [1.82, 2.24) is 14.9 Å². The monoisotopic (exact) mass is 549 g/mol. The first-order valence-electron chi connectivity index (χ1n) is 12.4. The molecule has 1 aliphatic carbocycles. The molecule has 38 heavy (non-hydrogen) atoms. The van der Waals surface area contributed by atoms with E-state index in [9.17, 15) is 9.59 Å². The normalized spacial score (nSPS) is 13.6. The van der Waals surface area contributed by atoms with Crippen molar-refractivity contribution >= 4 is 40.2 Å². The topological polar surface area (TPSA) is 82.4 Å². The highest BCUT2D eigenvalue weighted by Crippen LogP contribution is 2.30. The highest BCUT2D eigenvalue weighted by atomic mass is 35.5. The molecular weight excluding hydrogens is 522 g/mol. The van der Waals surface area contributed by atoms with Crippen LogP contribution in [0.3, 0.4) is 0 Å². The Morgan fingerprint density at radius 3 is 2.37 bits per heavy atom. The summed E-state index contributed by atoms with van der Waals surface area (Å²) >= 11 is 7.47. The number of nitrogens with zero attached hydrogens (tertiary/aromatic N) is 2. The first kappa shape index (κ1) is 26.1. The van der Waals surface area contributed by atoms with E-state index in [0.29, 0.717) is 49.6 Å². The van der Waals surface area contributed by atoms with E-state index in [1.807, 2.05) is 24.3 Å². The van der Waals surface area contributed by atoms with Gasteiger partial charge in [0.2, 0.25) is 0 Å². The summed E-state index contributed by atoms with van der Waals surface area (Å²) in [5, 5.41) is 4.67. The lowest BCUT2D eigenvalue weighted by Crippen LogP contribution is -2.32. The van der Waals surface area contributed by atoms with E-state index in [1.165, 1.54) is 11.8 Å². The van der Waals surface area contributed by atoms with Gasteiger partial charge in [0, 0.05) is 40.6 Å². The molecule has 5 rings (SSSR count). The SMILES string of the molecule is COc1cc(OC)cc(-n2c(SCc3ccc(Cl)cc3)nc3cc(C(=O)NC4CCCC4)ccc3c2=O)c1. The van der Waals surface area contributed by atoms with Crippen molar-refractivity contribution < 1.29 is 14.3 Å². The minimum atomic E-state index is -0.244. The van der Waals surface area contributed by atoms with E-state index in [1.54, 1.807) is 55.2 Å². The molecule has 1 heterocycles. The number of ether oxygens (including phenoxy) is 2. The maximum atomic E-state index is 13.9. The van der Waals surface area contributed by atoms with Crippen molar-refractivity contribution in [3.63, 3.8) is 0 Å². The van der Waals surface area contributed by atoms with Crippen LogP contribution in [0, 0.1) is 0 Å². The largest absolute Gasteiger partial charge is 0.497 e. The maximum Gasteiger partial charge on any atom is 0.266 e. The third kappa shape index (κ3) is 5.66. The van der Waals surface area contributed by atoms with Gasteiger partial charge in [-0.15, -0.1) is 0 Å². The van der Waals surface area contributed by atoms with Gasteiger partial charge in [-0.3, -0.25) is 14.2 Å². The van der Waals surface area contributed by atoms with Crippen LogP contribution in [-0.4, -0.2) is 35.7 Å². The molecule has 0 spiro atoms. The van der Waals surface area contributed by atoms with Gasteiger partial charge in [-0.2, -0.15) is 0 Å². The van der Waals surface area contributed by atoms with Crippen LogP contribution >= 0.6 is 23.4 Å². The van der Waals surface area contributed by atoms with E-state index in [2.05, 4.69) is 5.32 Å². The zero-order chi connectivity index (χ0) is 26.6. The standard InChI is InChI=1S/C29H28ClN3O4S/c1-36-23-14-22(15-24(16-23)37-2)33-28(35)25-12-9-19(27(34)31-21-5-3-4-6-21)13-26(25)32-29(33)38-17-18-7-10-20(30)11-8-18/h7-16,21H,3-6,17H2,1-2H3,(H,31,34). The van der Waals surface area contributed by atoms with Crippen molar-refractivity contribution in [2.45, 2.75) is 42.6 Å². The predicted molar refractivity (Wildman–Crippen MR) is 151 cm³/mol. The number of carbonyl (C=O) groups is 1. The molecular formula is C29H28ClN3O4S. The van der Waals surface area contributed by atoms with Crippen LogP contribution in [0.5, 0.6) is 11.5 Å². The Kier molecular flexibility index (Phi) is 7.90. The van der Waals surface area contributed by atoms with E-state index in [0.717, 1.165) is 31.2 Å². The van der Waals surface area contributed by atoms with Crippen LogP contribution in [0.2, 0.25) is 5.02 Å². The predicted octanol–water partition coefficient (Wildman–Crippen LogP) is 6.02. The van der Waals surface area contributed by atoms with Crippen LogP contribution in [0.4, 0.5) is 0 Å². The minimum absolute atomic E-state index is 0.141. The third-order valence-corrected chi connectivity index (χ3v) is 7.93. The summed E-state index contributed by atoms with van der Waals surface area (Å²) in [7, 11) is 3.13. The molecule has 0 atom stereocenters. The summed E-state index contributed by atoms with van der Waals surface area (Å²) in [5.74, 6) is 1.54. The number of methoxy groups -OCH3 is 2. The number of hydrogen-bond acceptors (Lipinski definition) is 6. The number of rotatable bonds is 8. The van der Waals surface area contributed by atoms with Crippen LogP contribution in [0.1, 0.15) is 41.6 Å².